The van der Waals surface area contributed by atoms with Crippen LogP contribution < -0.4 is 9.47 Å². The zero-order valence-electron chi connectivity index (χ0n) is 15.4. The fourth-order valence-electron chi connectivity index (χ4n) is 3.18. The van der Waals surface area contributed by atoms with E-state index in [1.54, 1.807) is 31.4 Å². The Hall–Kier alpha value is -2.08. The van der Waals surface area contributed by atoms with Gasteiger partial charge in [-0.05, 0) is 69.9 Å². The molecule has 1 spiro atoms. The smallest absolute Gasteiger partial charge is 0.348 e. The van der Waals surface area contributed by atoms with Crippen LogP contribution in [0.4, 0.5) is 0 Å². The molecule has 26 heavy (non-hydrogen) atoms. The molecular weight excluding hydrogens is 352 g/mol. The minimum atomic E-state index is -1.47. The first-order valence-corrected chi connectivity index (χ1v) is 9.91. The van der Waals surface area contributed by atoms with E-state index in [0.29, 0.717) is 36.5 Å². The van der Waals surface area contributed by atoms with Gasteiger partial charge in [-0.2, -0.15) is 0 Å². The predicted octanol–water partition coefficient (Wildman–Crippen LogP) is 3.96. The Morgan fingerprint density at radius 3 is 2.69 bits per heavy atom. The molecule has 2 aliphatic rings. The first kappa shape index (κ1) is 18.7. The SMILES string of the molecule is COc1ccc(OCC=C(C)C)c(/C=C2\C(=O)OC3(CCCC3)S2=O)c1. The summed E-state index contributed by atoms with van der Waals surface area (Å²) in [7, 11) is 0.101. The van der Waals surface area contributed by atoms with Gasteiger partial charge in [0.25, 0.3) is 0 Å². The maximum Gasteiger partial charge on any atom is 0.348 e. The molecule has 1 aromatic rings. The summed E-state index contributed by atoms with van der Waals surface area (Å²) in [6.07, 6.45) is 6.77. The van der Waals surface area contributed by atoms with E-state index in [1.165, 1.54) is 0 Å². The number of carbonyl (C=O) groups excluding carboxylic acids is 1. The molecule has 2 fully saturated rings. The van der Waals surface area contributed by atoms with Crippen molar-refractivity contribution in [1.82, 2.24) is 0 Å². The summed E-state index contributed by atoms with van der Waals surface area (Å²) >= 11 is 0. The van der Waals surface area contributed by atoms with Crippen molar-refractivity contribution >= 4 is 22.8 Å². The average molecular weight is 376 g/mol. The molecule has 0 amide bonds. The van der Waals surface area contributed by atoms with Gasteiger partial charge in [0.15, 0.2) is 4.93 Å². The summed E-state index contributed by atoms with van der Waals surface area (Å²) in [6, 6.07) is 5.36. The Labute approximate surface area is 156 Å². The second-order valence-electron chi connectivity index (χ2n) is 6.78. The van der Waals surface area contributed by atoms with Gasteiger partial charge in [0.05, 0.1) is 7.11 Å². The number of hydrogen-bond donors (Lipinski definition) is 0. The number of esters is 1. The van der Waals surface area contributed by atoms with Crippen LogP contribution in [0.5, 0.6) is 11.5 Å². The maximum absolute atomic E-state index is 12.9. The first-order valence-electron chi connectivity index (χ1n) is 8.76. The van der Waals surface area contributed by atoms with Gasteiger partial charge in [0, 0.05) is 5.56 Å². The van der Waals surface area contributed by atoms with E-state index in [9.17, 15) is 9.00 Å². The van der Waals surface area contributed by atoms with Crippen LogP contribution in [0.3, 0.4) is 0 Å². The quantitative estimate of drug-likeness (QED) is 0.442. The number of allylic oxidation sites excluding steroid dienone is 1. The third kappa shape index (κ3) is 3.70. The normalized spacial score (nSPS) is 22.5. The summed E-state index contributed by atoms with van der Waals surface area (Å²) in [6.45, 7) is 4.42. The van der Waals surface area contributed by atoms with E-state index >= 15 is 0 Å². The van der Waals surface area contributed by atoms with Crippen LogP contribution in [-0.2, 0) is 20.3 Å². The van der Waals surface area contributed by atoms with Crippen LogP contribution in [0.1, 0.15) is 45.1 Å². The van der Waals surface area contributed by atoms with Gasteiger partial charge in [-0.3, -0.25) is 0 Å². The van der Waals surface area contributed by atoms with E-state index in [1.807, 2.05) is 19.9 Å². The van der Waals surface area contributed by atoms with Crippen molar-refractivity contribution in [1.29, 1.82) is 0 Å². The monoisotopic (exact) mass is 376 g/mol. The van der Waals surface area contributed by atoms with Gasteiger partial charge in [-0.15, -0.1) is 0 Å². The molecule has 0 bridgehead atoms. The lowest BCUT2D eigenvalue weighted by molar-refractivity contribution is -0.143. The van der Waals surface area contributed by atoms with Gasteiger partial charge in [-0.1, -0.05) is 5.57 Å². The highest BCUT2D eigenvalue weighted by molar-refractivity contribution is 7.92. The van der Waals surface area contributed by atoms with Gasteiger partial charge < -0.3 is 14.2 Å². The zero-order chi connectivity index (χ0) is 18.7. The van der Waals surface area contributed by atoms with Gasteiger partial charge in [0.1, 0.15) is 33.8 Å². The molecule has 1 aliphatic carbocycles. The Balaban J connectivity index is 1.94. The number of hydrogen-bond acceptors (Lipinski definition) is 5. The second-order valence-corrected chi connectivity index (χ2v) is 8.50. The van der Waals surface area contributed by atoms with Crippen LogP contribution in [0.25, 0.3) is 6.08 Å². The molecule has 1 saturated carbocycles. The Morgan fingerprint density at radius 2 is 2.04 bits per heavy atom. The third-order valence-electron chi connectivity index (χ3n) is 4.62. The van der Waals surface area contributed by atoms with Crippen LogP contribution in [0.15, 0.2) is 34.8 Å². The highest BCUT2D eigenvalue weighted by atomic mass is 32.2. The van der Waals surface area contributed by atoms with E-state index in [-0.39, 0.29) is 4.91 Å². The number of benzene rings is 1. The van der Waals surface area contributed by atoms with Crippen LogP contribution >= 0.6 is 0 Å². The summed E-state index contributed by atoms with van der Waals surface area (Å²) in [4.78, 5) is 11.7. The second kappa shape index (κ2) is 7.66. The minimum Gasteiger partial charge on any atom is -0.497 e. The van der Waals surface area contributed by atoms with Gasteiger partial charge >= 0.3 is 5.97 Å². The van der Waals surface area contributed by atoms with Crippen LogP contribution in [0.2, 0.25) is 0 Å². The third-order valence-corrected chi connectivity index (χ3v) is 6.47. The molecule has 1 unspecified atom stereocenters. The molecule has 6 heteroatoms. The molecular formula is C20H24O5S. The number of rotatable bonds is 5. The van der Waals surface area contributed by atoms with Gasteiger partial charge in [0.2, 0.25) is 0 Å². The summed E-state index contributed by atoms with van der Waals surface area (Å²) in [5.74, 6) is 0.746. The topological polar surface area (TPSA) is 61.8 Å². The molecule has 5 nitrogen and oxygen atoms in total. The standard InChI is InChI=1S/C20H24O5S/c1-14(2)8-11-24-17-7-6-16(23-3)12-15(17)13-18-19(21)25-20(26(18)22)9-4-5-10-20/h6-8,12-13H,4-5,9-11H2,1-3H3/b18-13+. The van der Waals surface area contributed by atoms with Crippen molar-refractivity contribution in [3.63, 3.8) is 0 Å². The van der Waals surface area contributed by atoms with Gasteiger partial charge in [-0.25, -0.2) is 9.00 Å². The highest BCUT2D eigenvalue weighted by Crippen LogP contribution is 2.44. The number of carbonyl (C=O) groups is 1. The molecule has 1 aliphatic heterocycles. The summed E-state index contributed by atoms with van der Waals surface area (Å²) in [5, 5.41) is 0. The molecule has 1 heterocycles. The lowest BCUT2D eigenvalue weighted by Gasteiger charge is -2.18. The molecule has 0 aromatic heterocycles. The van der Waals surface area contributed by atoms with Crippen molar-refractivity contribution < 1.29 is 23.2 Å². The Bertz CT molecular complexity index is 783. The number of ether oxygens (including phenoxy) is 3. The van der Waals surface area contributed by atoms with Crippen LogP contribution in [0, 0.1) is 0 Å². The lowest BCUT2D eigenvalue weighted by atomic mass is 10.1. The van der Waals surface area contributed by atoms with Crippen molar-refractivity contribution in [2.24, 2.45) is 0 Å². The van der Waals surface area contributed by atoms with E-state index in [2.05, 4.69) is 0 Å². The molecule has 0 radical (unpaired) electrons. The fourth-order valence-corrected chi connectivity index (χ4v) is 4.82. The minimum absolute atomic E-state index is 0.201. The molecule has 1 aromatic carbocycles. The maximum atomic E-state index is 12.9. The van der Waals surface area contributed by atoms with Crippen molar-refractivity contribution in [3.05, 3.63) is 40.3 Å². The Kier molecular flexibility index (Phi) is 5.51. The predicted molar refractivity (Wildman–Crippen MR) is 101 cm³/mol. The fraction of sp³-hybridized carbons (Fsp3) is 0.450. The highest BCUT2D eigenvalue weighted by Gasteiger charge is 2.52. The van der Waals surface area contributed by atoms with E-state index < -0.39 is 21.7 Å². The van der Waals surface area contributed by atoms with E-state index in [0.717, 1.165) is 18.4 Å². The Morgan fingerprint density at radius 1 is 1.31 bits per heavy atom. The number of methoxy groups -OCH3 is 1. The lowest BCUT2D eigenvalue weighted by Crippen LogP contribution is -2.27. The summed E-state index contributed by atoms with van der Waals surface area (Å²) in [5.41, 5.74) is 1.81. The largest absolute Gasteiger partial charge is 0.497 e. The average Bonchev–Trinajstić information content (AvgIpc) is 3.16. The van der Waals surface area contributed by atoms with Crippen molar-refractivity contribution in [3.8, 4) is 11.5 Å². The summed E-state index contributed by atoms with van der Waals surface area (Å²) < 4.78 is 29.5. The molecule has 1 saturated heterocycles. The molecule has 0 N–H and O–H groups in total. The molecule has 1 atom stereocenters. The first-order chi connectivity index (χ1) is 12.4. The molecule has 3 rings (SSSR count). The van der Waals surface area contributed by atoms with Crippen molar-refractivity contribution in [2.45, 2.75) is 44.5 Å². The van der Waals surface area contributed by atoms with Crippen LogP contribution in [-0.4, -0.2) is 28.8 Å². The molecule has 140 valence electrons. The van der Waals surface area contributed by atoms with E-state index in [4.69, 9.17) is 14.2 Å². The zero-order valence-corrected chi connectivity index (χ0v) is 16.2. The van der Waals surface area contributed by atoms with Crippen molar-refractivity contribution in [2.75, 3.05) is 13.7 Å².